The Morgan fingerprint density at radius 2 is 1.89 bits per heavy atom. The molecule has 1 aromatic carbocycles. The molecular weight excluding hydrogens is 283 g/mol. The zero-order valence-corrected chi connectivity index (χ0v) is 10.5. The quantitative estimate of drug-likeness (QED) is 0.789. The molecule has 1 heterocycles. The molecule has 1 aliphatic heterocycles. The summed E-state index contributed by atoms with van der Waals surface area (Å²) in [5.74, 6) is -1.89. The number of carbonyl (C=O) groups excluding carboxylic acids is 1. The van der Waals surface area contributed by atoms with Crippen molar-refractivity contribution in [2.24, 2.45) is 0 Å². The zero-order valence-electron chi connectivity index (χ0n) is 9.61. The van der Waals surface area contributed by atoms with E-state index in [2.05, 4.69) is 0 Å². The molecule has 0 saturated heterocycles. The third kappa shape index (κ3) is 2.89. The molecule has 1 aromatic rings. The van der Waals surface area contributed by atoms with Crippen LogP contribution in [-0.2, 0) is 28.5 Å². The van der Waals surface area contributed by atoms with E-state index in [1.165, 1.54) is 12.1 Å². The number of fused-ring (bicyclic) bond motifs is 1. The van der Waals surface area contributed by atoms with Gasteiger partial charge in [0.1, 0.15) is 0 Å². The van der Waals surface area contributed by atoms with Crippen molar-refractivity contribution in [1.29, 1.82) is 0 Å². The minimum Gasteiger partial charge on any atom is -0.330 e. The number of thiol groups is 1. The minimum absolute atomic E-state index is 0.0196. The van der Waals surface area contributed by atoms with Gasteiger partial charge in [0.15, 0.2) is 10.7 Å². The smallest absolute Gasteiger partial charge is 0.330 e. The molecule has 4 nitrogen and oxygen atoms in total. The Bertz CT molecular complexity index is 587. The number of amides is 1. The van der Waals surface area contributed by atoms with Crippen LogP contribution in [0.3, 0.4) is 0 Å². The van der Waals surface area contributed by atoms with Crippen LogP contribution in [0.25, 0.3) is 0 Å². The van der Waals surface area contributed by atoms with E-state index < -0.39 is 22.8 Å². The van der Waals surface area contributed by atoms with Gasteiger partial charge in [0.25, 0.3) is 0 Å². The Balaban J connectivity index is 2.28. The monoisotopic (exact) mass is 293 g/mol. The third-order valence-electron chi connectivity index (χ3n) is 2.94. The summed E-state index contributed by atoms with van der Waals surface area (Å²) in [7, 11) is -2.79. The minimum atomic E-state index is -4.90. The fourth-order valence-electron chi connectivity index (χ4n) is 2.01. The van der Waals surface area contributed by atoms with Crippen molar-refractivity contribution in [3.63, 3.8) is 0 Å². The van der Waals surface area contributed by atoms with E-state index in [9.17, 15) is 26.4 Å². The van der Waals surface area contributed by atoms with Gasteiger partial charge in [-0.05, 0) is 29.7 Å². The highest BCUT2D eigenvalue weighted by atomic mass is 32.2. The second-order valence-electron chi connectivity index (χ2n) is 4.18. The van der Waals surface area contributed by atoms with Gasteiger partial charge in [-0.15, -0.1) is 0 Å². The summed E-state index contributed by atoms with van der Waals surface area (Å²) in [6.07, 6.45) is -4.62. The topological polar surface area (TPSA) is 54.5 Å². The maximum absolute atomic E-state index is 12.3. The van der Waals surface area contributed by atoms with Gasteiger partial charge >= 0.3 is 12.1 Å². The van der Waals surface area contributed by atoms with Gasteiger partial charge in [-0.25, -0.2) is 8.42 Å². The first-order valence-corrected chi connectivity index (χ1v) is 6.59. The van der Waals surface area contributed by atoms with Gasteiger partial charge in [0.05, 0.1) is 4.90 Å². The molecule has 0 fully saturated rings. The first-order chi connectivity index (χ1) is 8.79. The molecule has 0 spiro atoms. The lowest BCUT2D eigenvalue weighted by molar-refractivity contribution is -0.186. The van der Waals surface area contributed by atoms with E-state index in [0.29, 0.717) is 10.5 Å². The Kier molecular flexibility index (Phi) is 3.53. The van der Waals surface area contributed by atoms with Crippen LogP contribution in [0.2, 0.25) is 0 Å². The largest absolute Gasteiger partial charge is 0.471 e. The number of alkyl halides is 3. The average Bonchev–Trinajstić information content (AvgIpc) is 2.35. The molecule has 104 valence electrons. The third-order valence-corrected chi connectivity index (χ3v) is 3.64. The van der Waals surface area contributed by atoms with Crippen LogP contribution in [0.5, 0.6) is 0 Å². The number of carbonyl (C=O) groups is 1. The second-order valence-corrected chi connectivity index (χ2v) is 5.22. The van der Waals surface area contributed by atoms with E-state index in [-0.39, 0.29) is 24.4 Å². The van der Waals surface area contributed by atoms with Crippen LogP contribution in [0.1, 0.15) is 11.1 Å². The normalized spacial score (nSPS) is 15.5. The maximum Gasteiger partial charge on any atom is 0.471 e. The van der Waals surface area contributed by atoms with Crippen LogP contribution in [0.15, 0.2) is 23.1 Å². The Morgan fingerprint density at radius 3 is 2.47 bits per heavy atom. The van der Waals surface area contributed by atoms with Gasteiger partial charge in [-0.2, -0.15) is 13.2 Å². The zero-order chi connectivity index (χ0) is 14.2. The molecular formula is C11H10F3NO3S. The van der Waals surface area contributed by atoms with Crippen molar-refractivity contribution in [2.75, 3.05) is 6.54 Å². The number of halogens is 3. The lowest BCUT2D eigenvalue weighted by Crippen LogP contribution is -2.43. The predicted octanol–water partition coefficient (Wildman–Crippen LogP) is 1.10. The Hall–Kier alpha value is -1.57. The van der Waals surface area contributed by atoms with E-state index in [4.69, 9.17) is 0 Å². The van der Waals surface area contributed by atoms with Crippen molar-refractivity contribution < 1.29 is 26.4 Å². The molecule has 0 saturated carbocycles. The van der Waals surface area contributed by atoms with E-state index in [0.717, 1.165) is 5.56 Å². The summed E-state index contributed by atoms with van der Waals surface area (Å²) in [6, 6.07) is 4.30. The van der Waals surface area contributed by atoms with Crippen LogP contribution in [0, 0.1) is 0 Å². The predicted molar refractivity (Wildman–Crippen MR) is 60.2 cm³/mol. The molecule has 0 N–H and O–H groups in total. The van der Waals surface area contributed by atoms with Crippen LogP contribution >= 0.6 is 0 Å². The molecule has 8 heteroatoms. The first-order valence-electron chi connectivity index (χ1n) is 5.41. The molecule has 1 amide bonds. The van der Waals surface area contributed by atoms with Crippen molar-refractivity contribution in [3.05, 3.63) is 29.3 Å². The molecule has 0 aromatic heterocycles. The molecule has 0 atom stereocenters. The summed E-state index contributed by atoms with van der Waals surface area (Å²) in [5.41, 5.74) is 1.22. The summed E-state index contributed by atoms with van der Waals surface area (Å²) in [4.78, 5) is 11.9. The number of benzene rings is 1. The second kappa shape index (κ2) is 4.84. The summed E-state index contributed by atoms with van der Waals surface area (Å²) in [5, 5.41) is 0. The van der Waals surface area contributed by atoms with Gasteiger partial charge in [0, 0.05) is 13.1 Å². The standard InChI is InChI=1S/C11H10F3NO3S/c12-11(13,14)10(16)15-4-3-7-1-2-9(19(17)18)5-8(7)6-15/h1-2,5,19H,3-4,6H2. The van der Waals surface area contributed by atoms with Crippen molar-refractivity contribution in [1.82, 2.24) is 4.90 Å². The summed E-state index contributed by atoms with van der Waals surface area (Å²) < 4.78 is 58.7. The molecule has 0 radical (unpaired) electrons. The summed E-state index contributed by atoms with van der Waals surface area (Å²) in [6.45, 7) is -0.237. The Labute approximate surface area is 108 Å². The van der Waals surface area contributed by atoms with Gasteiger partial charge in [0.2, 0.25) is 0 Å². The lowest BCUT2D eigenvalue weighted by Gasteiger charge is -2.29. The van der Waals surface area contributed by atoms with Gasteiger partial charge < -0.3 is 4.90 Å². The first kappa shape index (κ1) is 13.9. The van der Waals surface area contributed by atoms with Gasteiger partial charge in [-0.3, -0.25) is 4.79 Å². The van der Waals surface area contributed by atoms with E-state index >= 15 is 0 Å². The average molecular weight is 293 g/mol. The molecule has 1 aliphatic rings. The van der Waals surface area contributed by atoms with Crippen LogP contribution in [-0.4, -0.2) is 31.9 Å². The van der Waals surface area contributed by atoms with Crippen molar-refractivity contribution >= 4 is 16.6 Å². The van der Waals surface area contributed by atoms with Gasteiger partial charge in [-0.1, -0.05) is 6.07 Å². The Morgan fingerprint density at radius 1 is 1.21 bits per heavy atom. The van der Waals surface area contributed by atoms with Crippen molar-refractivity contribution in [2.45, 2.75) is 24.0 Å². The number of rotatable bonds is 1. The number of hydrogen-bond donors (Lipinski definition) is 1. The number of hydrogen-bond acceptors (Lipinski definition) is 3. The molecule has 0 bridgehead atoms. The number of nitrogens with zero attached hydrogens (tertiary/aromatic N) is 1. The molecule has 2 rings (SSSR count). The highest BCUT2D eigenvalue weighted by Gasteiger charge is 2.43. The van der Waals surface area contributed by atoms with Crippen LogP contribution in [0.4, 0.5) is 13.2 Å². The lowest BCUT2D eigenvalue weighted by atomic mass is 10.00. The fourth-order valence-corrected chi connectivity index (χ4v) is 2.47. The van der Waals surface area contributed by atoms with E-state index in [1.807, 2.05) is 0 Å². The van der Waals surface area contributed by atoms with Crippen molar-refractivity contribution in [3.8, 4) is 0 Å². The molecule has 0 unspecified atom stereocenters. The summed E-state index contributed by atoms with van der Waals surface area (Å²) >= 11 is 0. The maximum atomic E-state index is 12.3. The SMILES string of the molecule is O=C(N1CCc2ccc([SH](=O)=O)cc2C1)C(F)(F)F. The fraction of sp³-hybridized carbons (Fsp3) is 0.364. The molecule has 0 aliphatic carbocycles. The van der Waals surface area contributed by atoms with E-state index in [1.54, 1.807) is 6.07 Å². The highest BCUT2D eigenvalue weighted by molar-refractivity contribution is 7.72. The molecule has 19 heavy (non-hydrogen) atoms. The van der Waals surface area contributed by atoms with Crippen LogP contribution < -0.4 is 0 Å². The highest BCUT2D eigenvalue weighted by Crippen LogP contribution is 2.25.